The smallest absolute Gasteiger partial charge is 0.410 e. The minimum Gasteiger partial charge on any atom is -0.805 e. The maximum Gasteiger partial charge on any atom is 0.410 e. The molecule has 2 aromatic rings. The Morgan fingerprint density at radius 1 is 1.43 bits per heavy atom. The first-order valence-electron chi connectivity index (χ1n) is 5.82. The van der Waals surface area contributed by atoms with Gasteiger partial charge in [-0.15, -0.1) is 0 Å². The monoisotopic (exact) mass is 362 g/mol. The number of aromatic nitrogens is 2. The zero-order valence-corrected chi connectivity index (χ0v) is 12.3. The molecule has 1 aromatic carbocycles. The molecule has 2 rings (SSSR count). The average Bonchev–Trinajstić information content (AvgIpc) is 2.44. The van der Waals surface area contributed by atoms with Crippen LogP contribution in [0.5, 0.6) is 0 Å². The number of fused-ring (bicyclic) bond motifs is 1. The number of alkyl halides is 1. The third-order valence-corrected chi connectivity index (χ3v) is 3.30. The van der Waals surface area contributed by atoms with Crippen LogP contribution in [0.3, 0.4) is 0 Å². The van der Waals surface area contributed by atoms with E-state index in [0.717, 1.165) is 0 Å². The van der Waals surface area contributed by atoms with Gasteiger partial charge in [0.2, 0.25) is 0 Å². The third-order valence-electron chi connectivity index (χ3n) is 2.77. The van der Waals surface area contributed by atoms with Gasteiger partial charge in [-0.3, -0.25) is 0 Å². The summed E-state index contributed by atoms with van der Waals surface area (Å²) in [5.41, 5.74) is -1.66. The highest BCUT2D eigenvalue weighted by Gasteiger charge is 2.30. The van der Waals surface area contributed by atoms with Crippen molar-refractivity contribution in [1.29, 1.82) is 0 Å². The molecular formula is C12H9BrF2N2O4. The van der Waals surface area contributed by atoms with E-state index >= 15 is 0 Å². The number of carbonyl (C=O) groups is 1. The minimum absolute atomic E-state index is 0.00473. The topological polar surface area (TPSA) is 77.3 Å². The van der Waals surface area contributed by atoms with Crippen LogP contribution in [0.15, 0.2) is 12.1 Å². The van der Waals surface area contributed by atoms with Gasteiger partial charge in [0.05, 0.1) is 22.4 Å². The predicted octanol–water partition coefficient (Wildman–Crippen LogP) is 2.25. The number of hydrogen-bond donors (Lipinski definition) is 0. The number of hydrogen-bond acceptors (Lipinski definition) is 4. The number of rotatable bonds is 3. The van der Waals surface area contributed by atoms with Crippen molar-refractivity contribution in [2.24, 2.45) is 0 Å². The van der Waals surface area contributed by atoms with Gasteiger partial charge in [-0.1, -0.05) is 15.9 Å². The van der Waals surface area contributed by atoms with Crippen molar-refractivity contribution in [1.82, 2.24) is 4.73 Å². The Balaban J connectivity index is 2.93. The summed E-state index contributed by atoms with van der Waals surface area (Å²) in [5, 5.41) is 12.0. The van der Waals surface area contributed by atoms with Crippen molar-refractivity contribution in [3.8, 4) is 0 Å². The average molecular weight is 363 g/mol. The molecule has 0 spiro atoms. The number of esters is 1. The molecule has 0 atom stereocenters. The molecule has 0 aliphatic carbocycles. The summed E-state index contributed by atoms with van der Waals surface area (Å²) in [6, 6.07) is 1.17. The fraction of sp³-hybridized carbons (Fsp3) is 0.250. The van der Waals surface area contributed by atoms with Gasteiger partial charge in [-0.25, -0.2) is 13.6 Å². The molecule has 0 bridgehead atoms. The van der Waals surface area contributed by atoms with Crippen molar-refractivity contribution in [2.45, 2.75) is 12.3 Å². The van der Waals surface area contributed by atoms with Crippen molar-refractivity contribution in [3.63, 3.8) is 0 Å². The molecule has 0 saturated carbocycles. The molecule has 9 heteroatoms. The van der Waals surface area contributed by atoms with Gasteiger partial charge in [-0.05, 0) is 6.92 Å². The van der Waals surface area contributed by atoms with E-state index in [4.69, 9.17) is 4.74 Å². The molecule has 0 saturated heterocycles. The molecule has 112 valence electrons. The normalized spacial score (nSPS) is 10.9. The highest BCUT2D eigenvalue weighted by Crippen LogP contribution is 2.20. The van der Waals surface area contributed by atoms with Crippen molar-refractivity contribution in [3.05, 3.63) is 45.3 Å². The molecule has 0 radical (unpaired) electrons. The van der Waals surface area contributed by atoms with Gasteiger partial charge in [0.1, 0.15) is 11.2 Å². The molecule has 0 amide bonds. The van der Waals surface area contributed by atoms with E-state index in [-0.39, 0.29) is 32.3 Å². The van der Waals surface area contributed by atoms with Gasteiger partial charge < -0.3 is 14.7 Å². The first kappa shape index (κ1) is 15.4. The third kappa shape index (κ3) is 2.48. The van der Waals surface area contributed by atoms with E-state index in [1.807, 2.05) is 0 Å². The molecular weight excluding hydrogens is 354 g/mol. The van der Waals surface area contributed by atoms with Crippen LogP contribution in [0.4, 0.5) is 8.78 Å². The van der Waals surface area contributed by atoms with E-state index in [2.05, 4.69) is 15.9 Å². The number of carbonyl (C=O) groups excluding carboxylic acids is 1. The molecule has 0 aliphatic rings. The van der Waals surface area contributed by atoms with Gasteiger partial charge >= 0.3 is 11.7 Å². The quantitative estimate of drug-likeness (QED) is 0.476. The Morgan fingerprint density at radius 3 is 2.62 bits per heavy atom. The van der Waals surface area contributed by atoms with E-state index < -0.39 is 28.8 Å². The van der Waals surface area contributed by atoms with E-state index in [9.17, 15) is 23.7 Å². The Morgan fingerprint density at radius 2 is 2.05 bits per heavy atom. The van der Waals surface area contributed by atoms with Gasteiger partial charge in [0, 0.05) is 11.0 Å². The van der Waals surface area contributed by atoms with E-state index in [1.165, 1.54) is 6.92 Å². The van der Waals surface area contributed by atoms with E-state index in [1.54, 1.807) is 0 Å². The molecule has 0 aliphatic heterocycles. The number of halogens is 3. The molecule has 0 N–H and O–H groups in total. The molecule has 0 unspecified atom stereocenters. The number of nitrogens with zero attached hydrogens (tertiary/aromatic N) is 2. The summed E-state index contributed by atoms with van der Waals surface area (Å²) in [6.45, 7) is 1.53. The zero-order chi connectivity index (χ0) is 15.7. The van der Waals surface area contributed by atoms with Crippen LogP contribution in [0, 0.1) is 21.7 Å². The molecule has 1 aromatic heterocycles. The lowest BCUT2D eigenvalue weighted by Crippen LogP contribution is -2.32. The summed E-state index contributed by atoms with van der Waals surface area (Å²) < 4.78 is 31.5. The zero-order valence-electron chi connectivity index (χ0n) is 10.7. The Kier molecular flexibility index (Phi) is 4.21. The molecule has 1 heterocycles. The fourth-order valence-electron chi connectivity index (χ4n) is 1.85. The van der Waals surface area contributed by atoms with Crippen molar-refractivity contribution in [2.75, 3.05) is 6.61 Å². The lowest BCUT2D eigenvalue weighted by Gasteiger charge is -2.17. The lowest BCUT2D eigenvalue weighted by atomic mass is 10.2. The Bertz CT molecular complexity index is 791. The SMILES string of the molecule is CCOC(=O)c1c(CBr)n([O-])c2cc(F)c(F)cc2[n+]1=O. The number of benzene rings is 1. The highest BCUT2D eigenvalue weighted by molar-refractivity contribution is 9.08. The summed E-state index contributed by atoms with van der Waals surface area (Å²) >= 11 is 2.98. The van der Waals surface area contributed by atoms with Crippen LogP contribution in [-0.2, 0) is 10.1 Å². The second kappa shape index (κ2) is 5.76. The van der Waals surface area contributed by atoms with Gasteiger partial charge in [0.15, 0.2) is 11.6 Å². The van der Waals surface area contributed by atoms with Crippen LogP contribution in [0.2, 0.25) is 0 Å². The summed E-state index contributed by atoms with van der Waals surface area (Å²) in [5.74, 6) is -3.58. The lowest BCUT2D eigenvalue weighted by molar-refractivity contribution is -0.469. The van der Waals surface area contributed by atoms with Gasteiger partial charge in [-0.2, -0.15) is 0 Å². The highest BCUT2D eigenvalue weighted by atomic mass is 79.9. The first-order valence-corrected chi connectivity index (χ1v) is 6.94. The summed E-state index contributed by atoms with van der Waals surface area (Å²) in [6.07, 6.45) is 0. The van der Waals surface area contributed by atoms with Crippen molar-refractivity contribution >= 4 is 32.9 Å². The summed E-state index contributed by atoms with van der Waals surface area (Å²) in [4.78, 5) is 24.0. The molecule has 0 fully saturated rings. The van der Waals surface area contributed by atoms with Crippen LogP contribution in [-0.4, -0.2) is 17.3 Å². The minimum atomic E-state index is -1.30. The Labute approximate surface area is 125 Å². The second-order valence-electron chi connectivity index (χ2n) is 3.99. The summed E-state index contributed by atoms with van der Waals surface area (Å²) in [7, 11) is 0. The standard InChI is InChI=1S/C12H9BrF2N2O4/c1-2-21-12(18)11-10(5-13)16(19)8-3-6(14)7(15)4-9(8)17(11)20/h3-4H,2,5H2,1H3. The van der Waals surface area contributed by atoms with Crippen LogP contribution in [0.25, 0.3) is 11.0 Å². The molecule has 21 heavy (non-hydrogen) atoms. The van der Waals surface area contributed by atoms with Crippen molar-refractivity contribution < 1.29 is 22.7 Å². The predicted molar refractivity (Wildman–Crippen MR) is 72.6 cm³/mol. The number of ether oxygens (including phenoxy) is 1. The van der Waals surface area contributed by atoms with Gasteiger partial charge in [0.25, 0.3) is 5.52 Å². The molecule has 6 nitrogen and oxygen atoms in total. The first-order chi connectivity index (χ1) is 9.92. The van der Waals surface area contributed by atoms with Crippen LogP contribution in [0.1, 0.15) is 23.1 Å². The largest absolute Gasteiger partial charge is 0.805 e. The maximum absolute atomic E-state index is 13.3. The van der Waals surface area contributed by atoms with Crippen LogP contribution >= 0.6 is 15.9 Å². The van der Waals surface area contributed by atoms with E-state index in [0.29, 0.717) is 12.1 Å². The fourth-order valence-corrected chi connectivity index (χ4v) is 2.34. The Hall–Kier alpha value is -2.03. The maximum atomic E-state index is 13.3. The second-order valence-corrected chi connectivity index (χ2v) is 4.55. The van der Waals surface area contributed by atoms with Crippen LogP contribution < -0.4 is 4.43 Å².